The van der Waals surface area contributed by atoms with E-state index in [0.29, 0.717) is 23.2 Å². The van der Waals surface area contributed by atoms with Gasteiger partial charge in [-0.1, -0.05) is 31.0 Å². The summed E-state index contributed by atoms with van der Waals surface area (Å²) in [5.41, 5.74) is 2.78. The van der Waals surface area contributed by atoms with Crippen molar-refractivity contribution >= 4 is 23.4 Å². The van der Waals surface area contributed by atoms with E-state index in [1.165, 1.54) is 17.0 Å². The zero-order chi connectivity index (χ0) is 24.6. The summed E-state index contributed by atoms with van der Waals surface area (Å²) in [4.78, 5) is 43.0. The number of nitrogens with zero attached hydrogens (tertiary/aromatic N) is 1. The van der Waals surface area contributed by atoms with E-state index in [2.05, 4.69) is 10.6 Å². The number of phenolic OH excluding ortho intramolecular Hbond substituents is 2. The molecule has 1 spiro atoms. The van der Waals surface area contributed by atoms with Crippen LogP contribution in [0.5, 0.6) is 11.5 Å². The van der Waals surface area contributed by atoms with Crippen LogP contribution in [0.2, 0.25) is 0 Å². The summed E-state index contributed by atoms with van der Waals surface area (Å²) in [6.45, 7) is 3.92. The number of fused-ring (bicyclic) bond motifs is 4. The molecule has 2 unspecified atom stereocenters. The molecular formula is C27H29N3O5. The number of aromatic hydroxyl groups is 2. The predicted octanol–water partition coefficient (Wildman–Crippen LogP) is 2.62. The van der Waals surface area contributed by atoms with E-state index >= 15 is 0 Å². The van der Waals surface area contributed by atoms with E-state index in [0.717, 1.165) is 36.8 Å². The smallest absolute Gasteiger partial charge is 0.250 e. The standard InChI is InChI=1S/C27H29N3O5/c1-13-7-9-17-23(14(13)2)28-26(35)27(17)22-21(24(33)30(25(22)34)16-5-3-4-6-16)18(29-27)11-15-8-10-19(31)20(32)12-15/h7-10,12,16,18,21-22,29,31-32H,3-6,11H2,1-2H3,(H,28,35)/t18?,21-,22+,27?/m1/s1. The van der Waals surface area contributed by atoms with Crippen LogP contribution in [0.1, 0.15) is 47.9 Å². The molecule has 2 aromatic rings. The molecule has 3 heterocycles. The first-order valence-corrected chi connectivity index (χ1v) is 12.3. The zero-order valence-electron chi connectivity index (χ0n) is 19.8. The van der Waals surface area contributed by atoms with Gasteiger partial charge in [-0.05, 0) is 61.9 Å². The average Bonchev–Trinajstić information content (AvgIpc) is 3.56. The second-order valence-corrected chi connectivity index (χ2v) is 10.5. The zero-order valence-corrected chi connectivity index (χ0v) is 19.8. The number of aryl methyl sites for hydroxylation is 1. The first-order valence-electron chi connectivity index (χ1n) is 12.3. The number of carbonyl (C=O) groups excluding carboxylic acids is 3. The average molecular weight is 476 g/mol. The maximum absolute atomic E-state index is 14.0. The fraction of sp³-hybridized carbons (Fsp3) is 0.444. The summed E-state index contributed by atoms with van der Waals surface area (Å²) in [6.07, 6.45) is 3.89. The van der Waals surface area contributed by atoms with E-state index in [-0.39, 0.29) is 35.3 Å². The lowest BCUT2D eigenvalue weighted by Crippen LogP contribution is -2.54. The Labute approximate surface area is 203 Å². The van der Waals surface area contributed by atoms with Crippen LogP contribution in [0.4, 0.5) is 5.69 Å². The quantitative estimate of drug-likeness (QED) is 0.400. The number of likely N-dealkylation sites (tertiary alicyclic amines) is 1. The fourth-order valence-corrected chi connectivity index (χ4v) is 6.79. The SMILES string of the molecule is Cc1ccc2c(c1C)NC(=O)C21NC(Cc2ccc(O)c(O)c2)[C@H]2C(=O)N(C3CCCC3)C(=O)[C@H]21. The fourth-order valence-electron chi connectivity index (χ4n) is 6.79. The Morgan fingerprint density at radius 1 is 1.00 bits per heavy atom. The number of rotatable bonds is 3. The van der Waals surface area contributed by atoms with Crippen LogP contribution in [0.15, 0.2) is 30.3 Å². The summed E-state index contributed by atoms with van der Waals surface area (Å²) in [5.74, 6) is -2.79. The third-order valence-electron chi connectivity index (χ3n) is 8.64. The van der Waals surface area contributed by atoms with Crippen LogP contribution in [0.3, 0.4) is 0 Å². The van der Waals surface area contributed by atoms with Gasteiger partial charge in [0.25, 0.3) is 0 Å². The first-order chi connectivity index (χ1) is 16.7. The first kappa shape index (κ1) is 22.1. The Balaban J connectivity index is 1.48. The lowest BCUT2D eigenvalue weighted by atomic mass is 9.75. The third kappa shape index (κ3) is 2.92. The van der Waals surface area contributed by atoms with E-state index in [1.54, 1.807) is 6.07 Å². The number of anilines is 1. The number of carbonyl (C=O) groups is 3. The van der Waals surface area contributed by atoms with Gasteiger partial charge in [0.05, 0.1) is 11.8 Å². The summed E-state index contributed by atoms with van der Waals surface area (Å²) in [6, 6.07) is 7.79. The number of nitrogens with one attached hydrogen (secondary N) is 2. The van der Waals surface area contributed by atoms with Crippen molar-refractivity contribution in [2.75, 3.05) is 5.32 Å². The second-order valence-electron chi connectivity index (χ2n) is 10.5. The number of hydrogen-bond acceptors (Lipinski definition) is 6. The van der Waals surface area contributed by atoms with Crippen LogP contribution in [0.25, 0.3) is 0 Å². The summed E-state index contributed by atoms with van der Waals surface area (Å²) >= 11 is 0. The van der Waals surface area contributed by atoms with Gasteiger partial charge in [-0.3, -0.25) is 24.6 Å². The van der Waals surface area contributed by atoms with Crippen LogP contribution in [0, 0.1) is 25.7 Å². The Hall–Kier alpha value is -3.39. The van der Waals surface area contributed by atoms with Crippen molar-refractivity contribution in [2.45, 2.75) is 63.6 Å². The molecule has 1 saturated carbocycles. The number of hydrogen-bond donors (Lipinski definition) is 4. The molecule has 4 N–H and O–H groups in total. The van der Waals surface area contributed by atoms with Gasteiger partial charge in [0.1, 0.15) is 5.54 Å². The molecule has 8 nitrogen and oxygen atoms in total. The van der Waals surface area contributed by atoms with Gasteiger partial charge in [0, 0.05) is 23.3 Å². The van der Waals surface area contributed by atoms with Crippen molar-refractivity contribution in [2.24, 2.45) is 11.8 Å². The highest BCUT2D eigenvalue weighted by Crippen LogP contribution is 2.55. The molecule has 6 rings (SSSR count). The topological polar surface area (TPSA) is 119 Å². The van der Waals surface area contributed by atoms with Crippen molar-refractivity contribution in [3.63, 3.8) is 0 Å². The summed E-state index contributed by atoms with van der Waals surface area (Å²) in [7, 11) is 0. The largest absolute Gasteiger partial charge is 0.504 e. The summed E-state index contributed by atoms with van der Waals surface area (Å²) < 4.78 is 0. The van der Waals surface area contributed by atoms with Gasteiger partial charge in [0.15, 0.2) is 11.5 Å². The molecule has 0 bridgehead atoms. The molecule has 2 saturated heterocycles. The predicted molar refractivity (Wildman–Crippen MR) is 128 cm³/mol. The van der Waals surface area contributed by atoms with Crippen LogP contribution >= 0.6 is 0 Å². The maximum atomic E-state index is 14.0. The molecule has 8 heteroatoms. The van der Waals surface area contributed by atoms with Crippen molar-refractivity contribution in [3.8, 4) is 11.5 Å². The van der Waals surface area contributed by atoms with Gasteiger partial charge in [-0.2, -0.15) is 0 Å². The second kappa shape index (κ2) is 7.55. The van der Waals surface area contributed by atoms with Crippen LogP contribution < -0.4 is 10.6 Å². The molecule has 3 aliphatic heterocycles. The number of imide groups is 1. The molecule has 2 aromatic carbocycles. The van der Waals surface area contributed by atoms with Gasteiger partial charge < -0.3 is 15.5 Å². The minimum atomic E-state index is -1.33. The Kier molecular flexibility index (Phi) is 4.77. The molecule has 4 atom stereocenters. The molecule has 4 aliphatic rings. The van der Waals surface area contributed by atoms with E-state index in [1.807, 2.05) is 26.0 Å². The van der Waals surface area contributed by atoms with E-state index in [4.69, 9.17) is 0 Å². The van der Waals surface area contributed by atoms with Crippen molar-refractivity contribution in [3.05, 3.63) is 52.6 Å². The molecule has 3 amide bonds. The highest BCUT2D eigenvalue weighted by molar-refractivity contribution is 6.15. The van der Waals surface area contributed by atoms with Gasteiger partial charge in [0.2, 0.25) is 17.7 Å². The van der Waals surface area contributed by atoms with Gasteiger partial charge >= 0.3 is 0 Å². The van der Waals surface area contributed by atoms with Crippen molar-refractivity contribution in [1.29, 1.82) is 0 Å². The molecule has 182 valence electrons. The van der Waals surface area contributed by atoms with Gasteiger partial charge in [-0.15, -0.1) is 0 Å². The van der Waals surface area contributed by atoms with Crippen molar-refractivity contribution < 1.29 is 24.6 Å². The minimum absolute atomic E-state index is 0.111. The van der Waals surface area contributed by atoms with Gasteiger partial charge in [-0.25, -0.2) is 0 Å². The Bertz CT molecular complexity index is 1280. The lowest BCUT2D eigenvalue weighted by molar-refractivity contribution is -0.145. The Morgan fingerprint density at radius 3 is 2.46 bits per heavy atom. The normalized spacial score (nSPS) is 29.8. The maximum Gasteiger partial charge on any atom is 0.250 e. The molecular weight excluding hydrogens is 446 g/mol. The molecule has 3 fully saturated rings. The molecule has 0 radical (unpaired) electrons. The number of amides is 3. The van der Waals surface area contributed by atoms with Crippen LogP contribution in [-0.4, -0.2) is 44.9 Å². The molecule has 35 heavy (non-hydrogen) atoms. The minimum Gasteiger partial charge on any atom is -0.504 e. The third-order valence-corrected chi connectivity index (χ3v) is 8.64. The number of benzene rings is 2. The monoisotopic (exact) mass is 475 g/mol. The lowest BCUT2D eigenvalue weighted by Gasteiger charge is -2.31. The highest BCUT2D eigenvalue weighted by atomic mass is 16.3. The van der Waals surface area contributed by atoms with E-state index < -0.39 is 23.4 Å². The van der Waals surface area contributed by atoms with E-state index in [9.17, 15) is 24.6 Å². The van der Waals surface area contributed by atoms with Crippen molar-refractivity contribution in [1.82, 2.24) is 10.2 Å². The summed E-state index contributed by atoms with van der Waals surface area (Å²) in [5, 5.41) is 26.2. The molecule has 0 aromatic heterocycles. The number of phenols is 2. The molecule has 1 aliphatic carbocycles. The Morgan fingerprint density at radius 2 is 1.74 bits per heavy atom. The highest BCUT2D eigenvalue weighted by Gasteiger charge is 2.71. The van der Waals surface area contributed by atoms with Crippen LogP contribution in [-0.2, 0) is 26.3 Å².